The van der Waals surface area contributed by atoms with Crippen LogP contribution in [-0.4, -0.2) is 27.3 Å². The average molecular weight is 471 g/mol. The standard InChI is InChI=1S/C19H25N3O3.HI/c1-12-6-7-15(8-13(12)2)22-19(20)21-11-14-9-17(24-4)18(25-5)10-16(14)23-3;/h6-10H,11H2,1-5H3,(H3,20,21,22);1H. The summed E-state index contributed by atoms with van der Waals surface area (Å²) < 4.78 is 16.0. The van der Waals surface area contributed by atoms with E-state index in [1.165, 1.54) is 11.1 Å². The number of aryl methyl sites for hydroxylation is 2. The van der Waals surface area contributed by atoms with Crippen LogP contribution in [-0.2, 0) is 6.54 Å². The van der Waals surface area contributed by atoms with E-state index in [9.17, 15) is 0 Å². The molecule has 3 N–H and O–H groups in total. The molecule has 0 aliphatic heterocycles. The van der Waals surface area contributed by atoms with Crippen LogP contribution in [0.3, 0.4) is 0 Å². The van der Waals surface area contributed by atoms with Crippen molar-refractivity contribution >= 4 is 35.6 Å². The summed E-state index contributed by atoms with van der Waals surface area (Å²) in [5.41, 5.74) is 10.2. The van der Waals surface area contributed by atoms with Gasteiger partial charge in [0.05, 0.1) is 27.9 Å². The number of hydrogen-bond acceptors (Lipinski definition) is 4. The summed E-state index contributed by atoms with van der Waals surface area (Å²) in [5, 5.41) is 3.10. The first-order valence-electron chi connectivity index (χ1n) is 7.91. The van der Waals surface area contributed by atoms with E-state index in [0.717, 1.165) is 11.3 Å². The van der Waals surface area contributed by atoms with Gasteiger partial charge < -0.3 is 25.3 Å². The Morgan fingerprint density at radius 3 is 2.12 bits per heavy atom. The molecule has 2 aromatic rings. The first-order chi connectivity index (χ1) is 12.0. The fraction of sp³-hybridized carbons (Fsp3) is 0.316. The third-order valence-corrected chi connectivity index (χ3v) is 3.99. The number of ether oxygens (including phenoxy) is 3. The number of nitrogens with zero attached hydrogens (tertiary/aromatic N) is 1. The van der Waals surface area contributed by atoms with E-state index in [1.807, 2.05) is 24.3 Å². The zero-order chi connectivity index (χ0) is 18.4. The highest BCUT2D eigenvalue weighted by Gasteiger charge is 2.11. The maximum absolute atomic E-state index is 6.00. The van der Waals surface area contributed by atoms with Gasteiger partial charge in [0.15, 0.2) is 17.5 Å². The zero-order valence-electron chi connectivity index (χ0n) is 15.8. The second-order valence-electron chi connectivity index (χ2n) is 5.64. The van der Waals surface area contributed by atoms with Crippen molar-refractivity contribution in [3.05, 3.63) is 47.0 Å². The number of halogens is 1. The van der Waals surface area contributed by atoms with Crippen molar-refractivity contribution in [1.29, 1.82) is 0 Å². The molecule has 0 aliphatic rings. The quantitative estimate of drug-likeness (QED) is 0.380. The van der Waals surface area contributed by atoms with Gasteiger partial charge in [0.25, 0.3) is 0 Å². The fourth-order valence-electron chi connectivity index (χ4n) is 2.39. The third kappa shape index (κ3) is 5.42. The minimum absolute atomic E-state index is 0. The number of benzene rings is 2. The highest BCUT2D eigenvalue weighted by atomic mass is 127. The van der Waals surface area contributed by atoms with Crippen LogP contribution in [0.5, 0.6) is 17.2 Å². The number of rotatable bonds is 6. The number of nitrogens with one attached hydrogen (secondary N) is 1. The summed E-state index contributed by atoms with van der Waals surface area (Å²) in [5.74, 6) is 2.22. The SMILES string of the molecule is COc1cc(OC)c(OC)cc1CN=C(N)Nc1ccc(C)c(C)c1.I. The van der Waals surface area contributed by atoms with Crippen LogP contribution in [0.1, 0.15) is 16.7 Å². The van der Waals surface area contributed by atoms with Crippen LogP contribution in [0, 0.1) is 13.8 Å². The van der Waals surface area contributed by atoms with Gasteiger partial charge in [0.1, 0.15) is 5.75 Å². The summed E-state index contributed by atoms with van der Waals surface area (Å²) in [6, 6.07) is 9.67. The maximum atomic E-state index is 6.00. The lowest BCUT2D eigenvalue weighted by Gasteiger charge is -2.13. The van der Waals surface area contributed by atoms with Crippen LogP contribution < -0.4 is 25.3 Å². The molecule has 6 nitrogen and oxygen atoms in total. The van der Waals surface area contributed by atoms with E-state index in [4.69, 9.17) is 19.9 Å². The van der Waals surface area contributed by atoms with Crippen molar-refractivity contribution in [2.24, 2.45) is 10.7 Å². The first-order valence-corrected chi connectivity index (χ1v) is 7.91. The van der Waals surface area contributed by atoms with Crippen LogP contribution in [0.2, 0.25) is 0 Å². The van der Waals surface area contributed by atoms with Gasteiger partial charge in [0.2, 0.25) is 0 Å². The normalized spacial score (nSPS) is 10.7. The number of nitrogens with two attached hydrogens (primary N) is 1. The molecule has 26 heavy (non-hydrogen) atoms. The van der Waals surface area contributed by atoms with Crippen LogP contribution in [0.15, 0.2) is 35.3 Å². The van der Waals surface area contributed by atoms with Gasteiger partial charge in [-0.05, 0) is 43.2 Å². The van der Waals surface area contributed by atoms with Gasteiger partial charge in [-0.3, -0.25) is 0 Å². The lowest BCUT2D eigenvalue weighted by Crippen LogP contribution is -2.22. The van der Waals surface area contributed by atoms with Gasteiger partial charge in [-0.25, -0.2) is 4.99 Å². The molecule has 2 aromatic carbocycles. The summed E-state index contributed by atoms with van der Waals surface area (Å²) in [7, 11) is 4.78. The molecule has 0 amide bonds. The van der Waals surface area contributed by atoms with Crippen molar-refractivity contribution in [1.82, 2.24) is 0 Å². The highest BCUT2D eigenvalue weighted by Crippen LogP contribution is 2.34. The summed E-state index contributed by atoms with van der Waals surface area (Å²) in [4.78, 5) is 4.39. The Bertz CT molecular complexity index is 779. The Morgan fingerprint density at radius 1 is 0.923 bits per heavy atom. The Hall–Kier alpha value is -2.16. The smallest absolute Gasteiger partial charge is 0.193 e. The molecule has 0 radical (unpaired) electrons. The second-order valence-corrected chi connectivity index (χ2v) is 5.64. The molecule has 0 aromatic heterocycles. The topological polar surface area (TPSA) is 78.1 Å². The lowest BCUT2D eigenvalue weighted by atomic mass is 10.1. The molecule has 0 heterocycles. The van der Waals surface area contributed by atoms with Crippen molar-refractivity contribution in [3.63, 3.8) is 0 Å². The monoisotopic (exact) mass is 471 g/mol. The minimum Gasteiger partial charge on any atom is -0.496 e. The Kier molecular flexibility index (Phi) is 8.50. The third-order valence-electron chi connectivity index (χ3n) is 3.99. The van der Waals surface area contributed by atoms with Gasteiger partial charge in [-0.15, -0.1) is 24.0 Å². The van der Waals surface area contributed by atoms with Gasteiger partial charge in [-0.2, -0.15) is 0 Å². The largest absolute Gasteiger partial charge is 0.496 e. The predicted molar refractivity (Wildman–Crippen MR) is 116 cm³/mol. The molecule has 142 valence electrons. The Balaban J connectivity index is 0.00000338. The molecular formula is C19H26IN3O3. The molecule has 0 spiro atoms. The van der Waals surface area contributed by atoms with Crippen LogP contribution in [0.25, 0.3) is 0 Å². The summed E-state index contributed by atoms with van der Waals surface area (Å²) >= 11 is 0. The molecular weight excluding hydrogens is 445 g/mol. The Labute approximate surface area is 171 Å². The minimum atomic E-state index is 0. The number of aliphatic imine (C=N–C) groups is 1. The summed E-state index contributed by atoms with van der Waals surface area (Å²) in [6.45, 7) is 4.48. The first kappa shape index (κ1) is 21.9. The number of hydrogen-bond donors (Lipinski definition) is 2. The van der Waals surface area contributed by atoms with E-state index in [1.54, 1.807) is 27.4 Å². The van der Waals surface area contributed by atoms with E-state index >= 15 is 0 Å². The van der Waals surface area contributed by atoms with E-state index in [-0.39, 0.29) is 24.0 Å². The molecule has 0 aliphatic carbocycles. The molecule has 0 saturated heterocycles. The van der Waals surface area contributed by atoms with E-state index in [2.05, 4.69) is 24.2 Å². The molecule has 7 heteroatoms. The van der Waals surface area contributed by atoms with Gasteiger partial charge in [-0.1, -0.05) is 6.07 Å². The highest BCUT2D eigenvalue weighted by molar-refractivity contribution is 14.0. The molecule has 0 saturated carbocycles. The molecule has 0 atom stereocenters. The summed E-state index contributed by atoms with van der Waals surface area (Å²) in [6.07, 6.45) is 0. The number of anilines is 1. The van der Waals surface area contributed by atoms with E-state index in [0.29, 0.717) is 29.8 Å². The number of guanidine groups is 1. The maximum Gasteiger partial charge on any atom is 0.193 e. The van der Waals surface area contributed by atoms with Crippen LogP contribution >= 0.6 is 24.0 Å². The van der Waals surface area contributed by atoms with Gasteiger partial charge in [0, 0.05) is 17.3 Å². The van der Waals surface area contributed by atoms with E-state index < -0.39 is 0 Å². The predicted octanol–water partition coefficient (Wildman–Crippen LogP) is 3.87. The van der Waals surface area contributed by atoms with Crippen molar-refractivity contribution in [3.8, 4) is 17.2 Å². The molecule has 0 unspecified atom stereocenters. The zero-order valence-corrected chi connectivity index (χ0v) is 18.1. The lowest BCUT2D eigenvalue weighted by molar-refractivity contribution is 0.347. The fourth-order valence-corrected chi connectivity index (χ4v) is 2.39. The average Bonchev–Trinajstić information content (AvgIpc) is 2.62. The second kappa shape index (κ2) is 10.1. The van der Waals surface area contributed by atoms with Crippen molar-refractivity contribution in [2.45, 2.75) is 20.4 Å². The van der Waals surface area contributed by atoms with Gasteiger partial charge >= 0.3 is 0 Å². The molecule has 0 bridgehead atoms. The molecule has 0 fully saturated rings. The van der Waals surface area contributed by atoms with Crippen molar-refractivity contribution < 1.29 is 14.2 Å². The number of methoxy groups -OCH3 is 3. The van der Waals surface area contributed by atoms with Crippen LogP contribution in [0.4, 0.5) is 5.69 Å². The van der Waals surface area contributed by atoms with Crippen molar-refractivity contribution in [2.75, 3.05) is 26.6 Å². The molecule has 2 rings (SSSR count). The Morgan fingerprint density at radius 2 is 1.54 bits per heavy atom.